The van der Waals surface area contributed by atoms with Crippen LogP contribution in [0, 0.1) is 0 Å². The third kappa shape index (κ3) is 2.80. The van der Waals surface area contributed by atoms with E-state index < -0.39 is 23.8 Å². The molecule has 1 atom stereocenters. The van der Waals surface area contributed by atoms with Crippen LogP contribution in [0.4, 0.5) is 0 Å². The Bertz CT molecular complexity index is 473. The lowest BCUT2D eigenvalue weighted by Gasteiger charge is -2.10. The maximum Gasteiger partial charge on any atom is 0.359 e. The molecule has 0 fully saturated rings. The lowest BCUT2D eigenvalue weighted by molar-refractivity contribution is -0.147. The van der Waals surface area contributed by atoms with Gasteiger partial charge in [0.05, 0.1) is 18.6 Å². The second-order valence-corrected chi connectivity index (χ2v) is 3.85. The number of methoxy groups -OCH3 is 1. The quantitative estimate of drug-likeness (QED) is 0.564. The Hall–Kier alpha value is -2.03. The van der Waals surface area contributed by atoms with Gasteiger partial charge in [-0.05, 0) is 18.5 Å². The predicted molar refractivity (Wildman–Crippen MR) is 59.8 cm³/mol. The maximum atomic E-state index is 11.6. The number of nitrogens with two attached hydrogens (primary N) is 1. The largest absolute Gasteiger partial charge is 0.465 e. The zero-order valence-corrected chi connectivity index (χ0v) is 10.5. The van der Waals surface area contributed by atoms with Gasteiger partial charge in [0.25, 0.3) is 0 Å². The van der Waals surface area contributed by atoms with Crippen LogP contribution in [0.2, 0.25) is 0 Å². The molecular weight excluding hydrogens is 262 g/mol. The SMILES string of the molecule is CCOC(=O)[C@@H](C(N)=O)c1snnc1C(=O)OC. The van der Waals surface area contributed by atoms with Crippen LogP contribution >= 0.6 is 11.5 Å². The number of rotatable bonds is 5. The molecule has 9 heteroatoms. The van der Waals surface area contributed by atoms with E-state index in [4.69, 9.17) is 10.5 Å². The van der Waals surface area contributed by atoms with E-state index in [0.29, 0.717) is 0 Å². The molecule has 8 nitrogen and oxygen atoms in total. The van der Waals surface area contributed by atoms with Gasteiger partial charge in [-0.3, -0.25) is 9.59 Å². The van der Waals surface area contributed by atoms with Crippen LogP contribution in [0.3, 0.4) is 0 Å². The molecule has 1 aromatic rings. The minimum atomic E-state index is -1.40. The molecule has 0 unspecified atom stereocenters. The lowest BCUT2D eigenvalue weighted by Crippen LogP contribution is -2.30. The molecule has 0 aliphatic heterocycles. The third-order valence-corrected chi connectivity index (χ3v) is 2.75. The first-order chi connectivity index (χ1) is 8.52. The normalized spacial score (nSPS) is 11.7. The predicted octanol–water partition coefficient (Wildman–Crippen LogP) is -0.543. The van der Waals surface area contributed by atoms with E-state index in [0.717, 1.165) is 18.6 Å². The summed E-state index contributed by atoms with van der Waals surface area (Å²) < 4.78 is 12.7. The van der Waals surface area contributed by atoms with Gasteiger partial charge in [-0.2, -0.15) is 0 Å². The topological polar surface area (TPSA) is 121 Å². The average molecular weight is 273 g/mol. The highest BCUT2D eigenvalue weighted by Crippen LogP contribution is 2.24. The number of nitrogens with zero attached hydrogens (tertiary/aromatic N) is 2. The number of aromatic nitrogens is 2. The van der Waals surface area contributed by atoms with Crippen LogP contribution in [-0.2, 0) is 19.1 Å². The molecule has 0 bridgehead atoms. The third-order valence-electron chi connectivity index (χ3n) is 1.96. The minimum Gasteiger partial charge on any atom is -0.465 e. The number of primary amides is 1. The highest BCUT2D eigenvalue weighted by molar-refractivity contribution is 7.06. The zero-order valence-electron chi connectivity index (χ0n) is 9.71. The number of hydrogen-bond acceptors (Lipinski definition) is 8. The van der Waals surface area contributed by atoms with Gasteiger partial charge in [-0.15, -0.1) is 5.10 Å². The summed E-state index contributed by atoms with van der Waals surface area (Å²) in [4.78, 5) is 34.3. The van der Waals surface area contributed by atoms with Crippen molar-refractivity contribution >= 4 is 29.4 Å². The van der Waals surface area contributed by atoms with Crippen LogP contribution < -0.4 is 5.73 Å². The van der Waals surface area contributed by atoms with Crippen molar-refractivity contribution in [2.45, 2.75) is 12.8 Å². The van der Waals surface area contributed by atoms with E-state index in [1.54, 1.807) is 6.92 Å². The van der Waals surface area contributed by atoms with Crippen molar-refractivity contribution in [1.82, 2.24) is 9.59 Å². The van der Waals surface area contributed by atoms with Crippen molar-refractivity contribution in [2.24, 2.45) is 5.73 Å². The van der Waals surface area contributed by atoms with Crippen LogP contribution in [0.15, 0.2) is 0 Å². The summed E-state index contributed by atoms with van der Waals surface area (Å²) in [6.07, 6.45) is 0. The Balaban J connectivity index is 3.15. The van der Waals surface area contributed by atoms with Crippen molar-refractivity contribution in [1.29, 1.82) is 0 Å². The van der Waals surface area contributed by atoms with Crippen molar-refractivity contribution in [3.63, 3.8) is 0 Å². The highest BCUT2D eigenvalue weighted by Gasteiger charge is 2.35. The van der Waals surface area contributed by atoms with Gasteiger partial charge >= 0.3 is 11.9 Å². The number of hydrogen-bond donors (Lipinski definition) is 1. The summed E-state index contributed by atoms with van der Waals surface area (Å²) in [6, 6.07) is 0. The number of carbonyl (C=O) groups is 3. The van der Waals surface area contributed by atoms with Gasteiger partial charge in [-0.25, -0.2) is 4.79 Å². The van der Waals surface area contributed by atoms with E-state index in [-0.39, 0.29) is 17.2 Å². The molecule has 0 aliphatic rings. The molecule has 0 aliphatic carbocycles. The van der Waals surface area contributed by atoms with E-state index in [1.165, 1.54) is 0 Å². The lowest BCUT2D eigenvalue weighted by atomic mass is 10.1. The Labute approximate surface area is 106 Å². The van der Waals surface area contributed by atoms with Gasteiger partial charge < -0.3 is 15.2 Å². The smallest absolute Gasteiger partial charge is 0.359 e. The number of amides is 1. The Kier molecular flexibility index (Phi) is 4.72. The second-order valence-electron chi connectivity index (χ2n) is 3.06. The van der Waals surface area contributed by atoms with E-state index >= 15 is 0 Å². The maximum absolute atomic E-state index is 11.6. The van der Waals surface area contributed by atoms with Gasteiger partial charge in [0, 0.05) is 0 Å². The molecule has 2 N–H and O–H groups in total. The first-order valence-electron chi connectivity index (χ1n) is 4.89. The molecule has 0 aromatic carbocycles. The summed E-state index contributed by atoms with van der Waals surface area (Å²) in [5.74, 6) is -3.99. The van der Waals surface area contributed by atoms with Crippen molar-refractivity contribution in [3.8, 4) is 0 Å². The molecule has 1 aromatic heterocycles. The van der Waals surface area contributed by atoms with E-state index in [1.807, 2.05) is 0 Å². The van der Waals surface area contributed by atoms with Gasteiger partial charge in [-0.1, -0.05) is 4.49 Å². The summed E-state index contributed by atoms with van der Waals surface area (Å²) in [5.41, 5.74) is 4.92. The summed E-state index contributed by atoms with van der Waals surface area (Å²) in [5, 5.41) is 3.51. The fourth-order valence-corrected chi connectivity index (χ4v) is 1.94. The Morgan fingerprint density at radius 2 is 2.11 bits per heavy atom. The molecule has 1 heterocycles. The number of esters is 2. The summed E-state index contributed by atoms with van der Waals surface area (Å²) >= 11 is 0.720. The Morgan fingerprint density at radius 1 is 1.44 bits per heavy atom. The zero-order chi connectivity index (χ0) is 13.7. The van der Waals surface area contributed by atoms with Crippen molar-refractivity contribution in [3.05, 3.63) is 10.6 Å². The fraction of sp³-hybridized carbons (Fsp3) is 0.444. The van der Waals surface area contributed by atoms with E-state index in [2.05, 4.69) is 14.3 Å². The van der Waals surface area contributed by atoms with Crippen LogP contribution in [-0.4, -0.2) is 41.1 Å². The first kappa shape index (κ1) is 14.0. The summed E-state index contributed by atoms with van der Waals surface area (Å²) in [6.45, 7) is 1.67. The van der Waals surface area contributed by atoms with E-state index in [9.17, 15) is 14.4 Å². The highest BCUT2D eigenvalue weighted by atomic mass is 32.1. The summed E-state index contributed by atoms with van der Waals surface area (Å²) in [7, 11) is 1.15. The van der Waals surface area contributed by atoms with Crippen LogP contribution in [0.1, 0.15) is 28.2 Å². The average Bonchev–Trinajstić information content (AvgIpc) is 2.77. The molecule has 1 amide bonds. The van der Waals surface area contributed by atoms with Crippen molar-refractivity contribution in [2.75, 3.05) is 13.7 Å². The molecule has 0 radical (unpaired) electrons. The standard InChI is InChI=1S/C9H11N3O5S/c1-3-17-8(14)4(7(10)13)6-5(9(15)16-2)11-12-18-6/h4H,3H2,1-2H3,(H2,10,13)/t4-/m1/s1. The second kappa shape index (κ2) is 6.05. The number of ether oxygens (including phenoxy) is 2. The molecule has 0 saturated carbocycles. The first-order valence-corrected chi connectivity index (χ1v) is 5.66. The monoisotopic (exact) mass is 273 g/mol. The molecule has 18 heavy (non-hydrogen) atoms. The molecular formula is C9H11N3O5S. The number of carbonyl (C=O) groups excluding carboxylic acids is 3. The van der Waals surface area contributed by atoms with Crippen LogP contribution in [0.5, 0.6) is 0 Å². The minimum absolute atomic E-state index is 0.0211. The van der Waals surface area contributed by atoms with Gasteiger partial charge in [0.2, 0.25) is 5.91 Å². The molecule has 0 saturated heterocycles. The van der Waals surface area contributed by atoms with Gasteiger partial charge in [0.1, 0.15) is 0 Å². The van der Waals surface area contributed by atoms with Gasteiger partial charge in [0.15, 0.2) is 11.6 Å². The molecule has 1 rings (SSSR count). The molecule has 0 spiro atoms. The molecule has 98 valence electrons. The Morgan fingerprint density at radius 3 is 2.61 bits per heavy atom. The van der Waals surface area contributed by atoms with Crippen LogP contribution in [0.25, 0.3) is 0 Å². The van der Waals surface area contributed by atoms with Crippen molar-refractivity contribution < 1.29 is 23.9 Å². The fourth-order valence-electron chi connectivity index (χ4n) is 1.20.